The van der Waals surface area contributed by atoms with Crippen molar-refractivity contribution in [1.29, 1.82) is 0 Å². The number of sulfonamides is 2. The van der Waals surface area contributed by atoms with E-state index in [0.717, 1.165) is 33.4 Å². The lowest BCUT2D eigenvalue weighted by Gasteiger charge is -2.28. The Balaban J connectivity index is 0.000000167. The fourth-order valence-corrected chi connectivity index (χ4v) is 10.3. The Kier molecular flexibility index (Phi) is 9.52. The summed E-state index contributed by atoms with van der Waals surface area (Å²) >= 11 is 0. The summed E-state index contributed by atoms with van der Waals surface area (Å²) < 4.78 is 56.7. The number of aliphatic hydroxyl groups is 2. The van der Waals surface area contributed by atoms with Gasteiger partial charge in [0.2, 0.25) is 0 Å². The van der Waals surface area contributed by atoms with Crippen molar-refractivity contribution >= 4 is 31.4 Å². The van der Waals surface area contributed by atoms with Crippen molar-refractivity contribution < 1.29 is 27.0 Å². The van der Waals surface area contributed by atoms with E-state index in [4.69, 9.17) is 0 Å². The Morgan fingerprint density at radius 2 is 0.741 bits per heavy atom. The van der Waals surface area contributed by atoms with E-state index in [0.29, 0.717) is 22.5 Å². The number of anilines is 2. The molecule has 10 heteroatoms. The molecule has 8 rings (SSSR count). The van der Waals surface area contributed by atoms with Crippen LogP contribution in [0.1, 0.15) is 58.4 Å². The lowest BCUT2D eigenvalue weighted by molar-refractivity contribution is 0.102. The van der Waals surface area contributed by atoms with E-state index < -0.39 is 31.2 Å². The molecule has 0 aromatic heterocycles. The van der Waals surface area contributed by atoms with Crippen LogP contribution in [0.5, 0.6) is 0 Å². The molecule has 0 saturated heterocycles. The van der Waals surface area contributed by atoms with Crippen LogP contribution in [-0.2, 0) is 44.3 Å². The second-order valence-corrected chi connectivity index (χ2v) is 17.9. The summed E-state index contributed by atoms with van der Waals surface area (Å²) in [6.45, 7) is 7.61. The van der Waals surface area contributed by atoms with Crippen LogP contribution >= 0.6 is 0 Å². The maximum atomic E-state index is 13.5. The number of hydrogen-bond acceptors (Lipinski definition) is 6. The first-order valence-electron chi connectivity index (χ1n) is 17.6. The molecule has 2 aliphatic heterocycles. The van der Waals surface area contributed by atoms with Gasteiger partial charge in [0.15, 0.2) is 0 Å². The minimum atomic E-state index is -3.79. The first kappa shape index (κ1) is 37.1. The van der Waals surface area contributed by atoms with Crippen LogP contribution in [0, 0.1) is 13.8 Å². The molecule has 0 amide bonds. The zero-order valence-electron chi connectivity index (χ0n) is 30.5. The van der Waals surface area contributed by atoms with E-state index in [9.17, 15) is 27.0 Å². The van der Waals surface area contributed by atoms with Crippen LogP contribution in [0.3, 0.4) is 0 Å². The van der Waals surface area contributed by atoms with Gasteiger partial charge in [0.05, 0.1) is 34.3 Å². The van der Waals surface area contributed by atoms with E-state index in [1.165, 1.54) is 8.61 Å². The molecule has 0 bridgehead atoms. The lowest BCUT2D eigenvalue weighted by Crippen LogP contribution is -2.31. The fraction of sp³-hybridized carbons (Fsp3) is 0.182. The van der Waals surface area contributed by atoms with Crippen molar-refractivity contribution in [1.82, 2.24) is 0 Å². The molecule has 0 saturated carbocycles. The maximum absolute atomic E-state index is 13.5. The number of aryl methyl sites for hydroxylation is 2. The number of benzene rings is 6. The predicted molar refractivity (Wildman–Crippen MR) is 212 cm³/mol. The maximum Gasteiger partial charge on any atom is 0.264 e. The van der Waals surface area contributed by atoms with Crippen LogP contribution in [0.2, 0.25) is 0 Å². The third-order valence-corrected chi connectivity index (χ3v) is 13.9. The van der Waals surface area contributed by atoms with Gasteiger partial charge in [0.25, 0.3) is 20.0 Å². The second-order valence-electron chi connectivity index (χ2n) is 14.1. The van der Waals surface area contributed by atoms with Crippen molar-refractivity contribution in [3.63, 3.8) is 0 Å². The zero-order chi connectivity index (χ0) is 38.5. The highest BCUT2D eigenvalue weighted by molar-refractivity contribution is 7.93. The van der Waals surface area contributed by atoms with Crippen LogP contribution < -0.4 is 8.61 Å². The molecule has 0 aliphatic carbocycles. The molecule has 2 aliphatic rings. The van der Waals surface area contributed by atoms with Gasteiger partial charge < -0.3 is 10.2 Å². The fourth-order valence-electron chi connectivity index (χ4n) is 7.35. The Morgan fingerprint density at radius 1 is 0.444 bits per heavy atom. The summed E-state index contributed by atoms with van der Waals surface area (Å²) in [6.07, 6.45) is 0. The molecule has 6 aromatic rings. The van der Waals surface area contributed by atoms with Crippen molar-refractivity contribution in [2.45, 2.75) is 61.8 Å². The second kappa shape index (κ2) is 13.9. The molecule has 0 radical (unpaired) electrons. The molecule has 2 N–H and O–H groups in total. The Labute approximate surface area is 317 Å². The SMILES string of the molecule is Cc1ccc(S(=O)(=O)N2Cc3ccccc3[C@](C)(O)c3ccccc32)cc1.Cc1ccc(S(=O)(=O)N2Cc3ccccc3[C@](C)(O)c3ccccc32)cc1. The molecule has 0 spiro atoms. The van der Waals surface area contributed by atoms with Crippen LogP contribution in [0.25, 0.3) is 0 Å². The van der Waals surface area contributed by atoms with Gasteiger partial charge in [-0.2, -0.15) is 0 Å². The highest BCUT2D eigenvalue weighted by atomic mass is 32.2. The van der Waals surface area contributed by atoms with Gasteiger partial charge in [-0.25, -0.2) is 16.8 Å². The highest BCUT2D eigenvalue weighted by Gasteiger charge is 2.40. The summed E-state index contributed by atoms with van der Waals surface area (Å²) in [5.74, 6) is 0. The van der Waals surface area contributed by atoms with Gasteiger partial charge in [0, 0.05) is 11.1 Å². The van der Waals surface area contributed by atoms with Gasteiger partial charge in [-0.3, -0.25) is 8.61 Å². The van der Waals surface area contributed by atoms with Gasteiger partial charge in [-0.05, 0) is 86.3 Å². The number of fused-ring (bicyclic) bond motifs is 4. The van der Waals surface area contributed by atoms with Gasteiger partial charge in [0.1, 0.15) is 11.2 Å². The van der Waals surface area contributed by atoms with E-state index in [1.807, 2.05) is 74.5 Å². The van der Waals surface area contributed by atoms with E-state index in [1.54, 1.807) is 98.8 Å². The largest absolute Gasteiger partial charge is 0.381 e. The number of nitrogens with zero attached hydrogens (tertiary/aromatic N) is 2. The molecular weight excluding hydrogens is 717 g/mol. The average Bonchev–Trinajstić information content (AvgIpc) is 3.33. The first-order valence-corrected chi connectivity index (χ1v) is 20.5. The summed E-state index contributed by atoms with van der Waals surface area (Å²) in [7, 11) is -7.57. The Morgan fingerprint density at radius 3 is 1.09 bits per heavy atom. The first-order chi connectivity index (χ1) is 25.6. The summed E-state index contributed by atoms with van der Waals surface area (Å²) in [5.41, 5.74) is 4.59. The normalized spacial score (nSPS) is 19.1. The number of para-hydroxylation sites is 2. The molecule has 0 unspecified atom stereocenters. The molecule has 8 nitrogen and oxygen atoms in total. The van der Waals surface area contributed by atoms with E-state index in [-0.39, 0.29) is 22.9 Å². The molecule has 6 aromatic carbocycles. The van der Waals surface area contributed by atoms with Gasteiger partial charge in [-0.15, -0.1) is 0 Å². The molecule has 2 heterocycles. The van der Waals surface area contributed by atoms with Crippen LogP contribution in [0.4, 0.5) is 11.4 Å². The third kappa shape index (κ3) is 6.49. The van der Waals surface area contributed by atoms with E-state index >= 15 is 0 Å². The van der Waals surface area contributed by atoms with E-state index in [2.05, 4.69) is 0 Å². The summed E-state index contributed by atoms with van der Waals surface area (Å²) in [5, 5.41) is 22.7. The molecule has 2 atom stereocenters. The van der Waals surface area contributed by atoms with Crippen LogP contribution in [0.15, 0.2) is 155 Å². The predicted octanol–water partition coefficient (Wildman–Crippen LogP) is 7.92. The summed E-state index contributed by atoms with van der Waals surface area (Å²) in [6, 6.07) is 42.9. The number of hydrogen-bond donors (Lipinski definition) is 2. The topological polar surface area (TPSA) is 115 Å². The lowest BCUT2D eigenvalue weighted by atomic mass is 9.86. The molecular formula is C44H42N2O6S2. The molecule has 54 heavy (non-hydrogen) atoms. The quantitative estimate of drug-likeness (QED) is 0.189. The van der Waals surface area contributed by atoms with Crippen LogP contribution in [-0.4, -0.2) is 27.0 Å². The Bertz CT molecular complexity index is 2390. The monoisotopic (exact) mass is 758 g/mol. The van der Waals surface area contributed by atoms with Gasteiger partial charge >= 0.3 is 0 Å². The van der Waals surface area contributed by atoms with Crippen molar-refractivity contribution in [3.8, 4) is 0 Å². The average molecular weight is 759 g/mol. The molecule has 276 valence electrons. The highest BCUT2D eigenvalue weighted by Crippen LogP contribution is 2.44. The number of rotatable bonds is 4. The summed E-state index contributed by atoms with van der Waals surface area (Å²) in [4.78, 5) is 0.476. The standard InChI is InChI=1S/2C22H21NO3S/c2*1-16-11-13-18(14-12-16)27(25,26)23-15-17-7-3-4-8-19(17)22(2,24)20-9-5-6-10-21(20)23/h2*3-14,24H,15H2,1-2H3/t2*22-/m00/s1. The minimum absolute atomic E-state index is 0.166. The third-order valence-electron chi connectivity index (χ3n) is 10.3. The Hall–Kier alpha value is -5.26. The van der Waals surface area contributed by atoms with Crippen molar-refractivity contribution in [3.05, 3.63) is 190 Å². The minimum Gasteiger partial charge on any atom is -0.381 e. The zero-order valence-corrected chi connectivity index (χ0v) is 32.1. The van der Waals surface area contributed by atoms with Crippen molar-refractivity contribution in [2.75, 3.05) is 8.61 Å². The molecule has 0 fully saturated rings. The van der Waals surface area contributed by atoms with Crippen molar-refractivity contribution in [2.24, 2.45) is 0 Å². The van der Waals surface area contributed by atoms with Gasteiger partial charge in [-0.1, -0.05) is 120 Å². The smallest absolute Gasteiger partial charge is 0.264 e.